The van der Waals surface area contributed by atoms with Crippen LogP contribution in [0.5, 0.6) is 0 Å². The summed E-state index contributed by atoms with van der Waals surface area (Å²) in [5.74, 6) is -0.0873. The van der Waals surface area contributed by atoms with E-state index in [-0.39, 0.29) is 5.75 Å². The summed E-state index contributed by atoms with van der Waals surface area (Å²) < 4.78 is 29.6. The first kappa shape index (κ1) is 20.6. The average molecular weight is 319 g/mol. The van der Waals surface area contributed by atoms with E-state index in [0.29, 0.717) is 6.42 Å². The quantitative estimate of drug-likeness (QED) is 0.246. The summed E-state index contributed by atoms with van der Waals surface area (Å²) in [5, 5.41) is 0. The summed E-state index contributed by atoms with van der Waals surface area (Å²) in [7, 11) is -3.75. The fourth-order valence-electron chi connectivity index (χ4n) is 2.36. The molecule has 0 spiro atoms. The third-order valence-electron chi connectivity index (χ3n) is 3.66. The van der Waals surface area contributed by atoms with Crippen molar-refractivity contribution in [2.24, 2.45) is 0 Å². The van der Waals surface area contributed by atoms with E-state index in [1.165, 1.54) is 64.2 Å². The Balaban J connectivity index is 3.13. The standard InChI is InChI=1S/C17H34O3S/c1-2-3-4-5-6-7-8-9-10-11-12-13-14-15-16-17-21(18,19)20/h7-8H,2-6,9-17H2,1H3,(H,18,19,20)/b8-7+. The molecule has 0 saturated heterocycles. The lowest BCUT2D eigenvalue weighted by Gasteiger charge is -2.00. The zero-order valence-electron chi connectivity index (χ0n) is 13.7. The average Bonchev–Trinajstić information content (AvgIpc) is 2.42. The Hall–Kier alpha value is -0.350. The van der Waals surface area contributed by atoms with Gasteiger partial charge in [-0.3, -0.25) is 4.55 Å². The van der Waals surface area contributed by atoms with Crippen molar-refractivity contribution in [3.8, 4) is 0 Å². The minimum atomic E-state index is -3.75. The van der Waals surface area contributed by atoms with E-state index in [2.05, 4.69) is 19.1 Å². The van der Waals surface area contributed by atoms with Gasteiger partial charge in [0, 0.05) is 0 Å². The molecular formula is C17H34O3S. The third-order valence-corrected chi connectivity index (χ3v) is 4.47. The predicted octanol–water partition coefficient (Wildman–Crippen LogP) is 5.52. The minimum Gasteiger partial charge on any atom is -0.286 e. The molecule has 0 rings (SSSR count). The smallest absolute Gasteiger partial charge is 0.264 e. The summed E-state index contributed by atoms with van der Waals surface area (Å²) in [6, 6.07) is 0. The number of hydrogen-bond acceptors (Lipinski definition) is 2. The monoisotopic (exact) mass is 318 g/mol. The molecule has 0 atom stereocenters. The molecule has 0 bridgehead atoms. The van der Waals surface area contributed by atoms with Crippen LogP contribution in [0.4, 0.5) is 0 Å². The van der Waals surface area contributed by atoms with Crippen molar-refractivity contribution < 1.29 is 13.0 Å². The Morgan fingerprint density at radius 2 is 1.14 bits per heavy atom. The summed E-state index contributed by atoms with van der Waals surface area (Å²) >= 11 is 0. The van der Waals surface area contributed by atoms with Crippen LogP contribution in [0.25, 0.3) is 0 Å². The SMILES string of the molecule is CCCCCC/C=C/CCCCCCCCCS(=O)(=O)O. The Morgan fingerprint density at radius 3 is 1.62 bits per heavy atom. The third kappa shape index (κ3) is 19.6. The lowest BCUT2D eigenvalue weighted by atomic mass is 10.1. The first-order valence-electron chi connectivity index (χ1n) is 8.66. The fourth-order valence-corrected chi connectivity index (χ4v) is 2.92. The molecule has 0 aromatic heterocycles. The van der Waals surface area contributed by atoms with Crippen LogP contribution in [-0.4, -0.2) is 18.7 Å². The number of unbranched alkanes of at least 4 members (excludes halogenated alkanes) is 11. The highest BCUT2D eigenvalue weighted by Gasteiger charge is 2.02. The maximum absolute atomic E-state index is 10.5. The van der Waals surface area contributed by atoms with Crippen molar-refractivity contribution in [3.05, 3.63) is 12.2 Å². The van der Waals surface area contributed by atoms with Crippen LogP contribution < -0.4 is 0 Å². The molecule has 0 unspecified atom stereocenters. The highest BCUT2D eigenvalue weighted by Crippen LogP contribution is 2.10. The molecule has 0 fully saturated rings. The van der Waals surface area contributed by atoms with Crippen molar-refractivity contribution in [1.82, 2.24) is 0 Å². The maximum atomic E-state index is 10.5. The van der Waals surface area contributed by atoms with Crippen LogP contribution in [-0.2, 0) is 10.1 Å². The number of hydrogen-bond donors (Lipinski definition) is 1. The lowest BCUT2D eigenvalue weighted by Crippen LogP contribution is -2.03. The minimum absolute atomic E-state index is 0.0873. The molecule has 0 aromatic carbocycles. The molecule has 0 heterocycles. The van der Waals surface area contributed by atoms with Crippen LogP contribution >= 0.6 is 0 Å². The van der Waals surface area contributed by atoms with E-state index in [1.54, 1.807) is 0 Å². The van der Waals surface area contributed by atoms with Crippen LogP contribution in [0.15, 0.2) is 12.2 Å². The second kappa shape index (κ2) is 14.6. The second-order valence-corrected chi connectivity index (χ2v) is 7.44. The van der Waals surface area contributed by atoms with E-state index < -0.39 is 10.1 Å². The topological polar surface area (TPSA) is 54.4 Å². The molecule has 3 nitrogen and oxygen atoms in total. The summed E-state index contributed by atoms with van der Waals surface area (Å²) in [6.45, 7) is 2.24. The van der Waals surface area contributed by atoms with Gasteiger partial charge >= 0.3 is 0 Å². The van der Waals surface area contributed by atoms with Crippen molar-refractivity contribution >= 4 is 10.1 Å². The Kier molecular flexibility index (Phi) is 14.3. The second-order valence-electron chi connectivity index (χ2n) is 5.87. The predicted molar refractivity (Wildman–Crippen MR) is 91.3 cm³/mol. The van der Waals surface area contributed by atoms with Crippen LogP contribution in [0.3, 0.4) is 0 Å². The van der Waals surface area contributed by atoms with Crippen LogP contribution in [0.2, 0.25) is 0 Å². The molecule has 0 aliphatic carbocycles. The Bertz CT molecular complexity index is 334. The molecular weight excluding hydrogens is 284 g/mol. The van der Waals surface area contributed by atoms with Gasteiger partial charge in [0.05, 0.1) is 5.75 Å². The van der Waals surface area contributed by atoms with Crippen molar-refractivity contribution in [2.45, 2.75) is 90.4 Å². The Morgan fingerprint density at radius 1 is 0.714 bits per heavy atom. The van der Waals surface area contributed by atoms with E-state index in [4.69, 9.17) is 4.55 Å². The normalized spacial score (nSPS) is 12.3. The van der Waals surface area contributed by atoms with Gasteiger partial charge in [-0.05, 0) is 32.1 Å². The van der Waals surface area contributed by atoms with E-state index in [9.17, 15) is 8.42 Å². The fraction of sp³-hybridized carbons (Fsp3) is 0.882. The zero-order chi connectivity index (χ0) is 15.8. The van der Waals surface area contributed by atoms with Gasteiger partial charge in [-0.25, -0.2) is 0 Å². The molecule has 0 aliphatic rings. The van der Waals surface area contributed by atoms with Crippen LogP contribution in [0, 0.1) is 0 Å². The molecule has 0 aromatic rings. The van der Waals surface area contributed by atoms with Gasteiger partial charge in [0.1, 0.15) is 0 Å². The molecule has 126 valence electrons. The highest BCUT2D eigenvalue weighted by atomic mass is 32.2. The molecule has 1 N–H and O–H groups in total. The van der Waals surface area contributed by atoms with Gasteiger partial charge in [0.2, 0.25) is 0 Å². The van der Waals surface area contributed by atoms with Crippen molar-refractivity contribution in [3.63, 3.8) is 0 Å². The van der Waals surface area contributed by atoms with Gasteiger partial charge in [0.15, 0.2) is 0 Å². The summed E-state index contributed by atoms with van der Waals surface area (Å²) in [5.41, 5.74) is 0. The van der Waals surface area contributed by atoms with Crippen molar-refractivity contribution in [1.29, 1.82) is 0 Å². The summed E-state index contributed by atoms with van der Waals surface area (Å²) in [4.78, 5) is 0. The largest absolute Gasteiger partial charge is 0.286 e. The van der Waals surface area contributed by atoms with Gasteiger partial charge in [-0.2, -0.15) is 8.42 Å². The number of allylic oxidation sites excluding steroid dienone is 2. The van der Waals surface area contributed by atoms with Gasteiger partial charge in [-0.1, -0.05) is 70.4 Å². The first-order chi connectivity index (χ1) is 10.1. The lowest BCUT2D eigenvalue weighted by molar-refractivity contribution is 0.478. The van der Waals surface area contributed by atoms with Gasteiger partial charge in [0.25, 0.3) is 10.1 Å². The van der Waals surface area contributed by atoms with Gasteiger partial charge < -0.3 is 0 Å². The van der Waals surface area contributed by atoms with Crippen molar-refractivity contribution in [2.75, 3.05) is 5.75 Å². The molecule has 0 aliphatic heterocycles. The van der Waals surface area contributed by atoms with Crippen LogP contribution in [0.1, 0.15) is 90.4 Å². The summed E-state index contributed by atoms with van der Waals surface area (Å²) in [6.07, 6.45) is 19.9. The molecule has 21 heavy (non-hydrogen) atoms. The molecule has 0 amide bonds. The Labute approximate surface area is 132 Å². The van der Waals surface area contributed by atoms with E-state index in [0.717, 1.165) is 12.8 Å². The first-order valence-corrected chi connectivity index (χ1v) is 10.3. The zero-order valence-corrected chi connectivity index (χ0v) is 14.5. The van der Waals surface area contributed by atoms with Gasteiger partial charge in [-0.15, -0.1) is 0 Å². The highest BCUT2D eigenvalue weighted by molar-refractivity contribution is 7.85. The molecule has 0 saturated carbocycles. The molecule has 0 radical (unpaired) electrons. The molecule has 4 heteroatoms. The number of rotatable bonds is 15. The maximum Gasteiger partial charge on any atom is 0.264 e. The van der Waals surface area contributed by atoms with E-state index >= 15 is 0 Å². The van der Waals surface area contributed by atoms with E-state index in [1.807, 2.05) is 0 Å².